The van der Waals surface area contributed by atoms with Crippen molar-refractivity contribution in [2.75, 3.05) is 6.54 Å². The van der Waals surface area contributed by atoms with Gasteiger partial charge < -0.3 is 5.32 Å². The number of nitrogens with one attached hydrogen (secondary N) is 1. The highest BCUT2D eigenvalue weighted by Crippen LogP contribution is 2.25. The van der Waals surface area contributed by atoms with Gasteiger partial charge in [-0.15, -0.1) is 0 Å². The van der Waals surface area contributed by atoms with Crippen LogP contribution >= 0.6 is 0 Å². The Kier molecular flexibility index (Phi) is 5.66. The molecular weight excluding hydrogens is 220 g/mol. The molecular formula is C16H26N2. The van der Waals surface area contributed by atoms with Gasteiger partial charge in [0.25, 0.3) is 0 Å². The molecule has 100 valence electrons. The molecule has 1 N–H and O–H groups in total. The van der Waals surface area contributed by atoms with Crippen molar-refractivity contribution >= 4 is 0 Å². The Hall–Kier alpha value is -0.890. The molecule has 0 bridgehead atoms. The fourth-order valence-electron chi connectivity index (χ4n) is 2.97. The second kappa shape index (κ2) is 7.52. The minimum absolute atomic E-state index is 0.671. The van der Waals surface area contributed by atoms with Gasteiger partial charge in [0.15, 0.2) is 0 Å². The fourth-order valence-corrected chi connectivity index (χ4v) is 2.97. The van der Waals surface area contributed by atoms with Crippen molar-refractivity contribution in [1.82, 2.24) is 10.3 Å². The summed E-state index contributed by atoms with van der Waals surface area (Å²) in [6.45, 7) is 3.45. The first-order valence-electron chi connectivity index (χ1n) is 7.48. The molecule has 1 saturated carbocycles. The van der Waals surface area contributed by atoms with Crippen molar-refractivity contribution in [2.24, 2.45) is 5.92 Å². The molecule has 1 aromatic heterocycles. The van der Waals surface area contributed by atoms with Crippen LogP contribution < -0.4 is 5.32 Å². The van der Waals surface area contributed by atoms with Crippen molar-refractivity contribution in [1.29, 1.82) is 0 Å². The van der Waals surface area contributed by atoms with Crippen LogP contribution in [-0.2, 0) is 6.42 Å². The van der Waals surface area contributed by atoms with Crippen LogP contribution in [-0.4, -0.2) is 17.6 Å². The van der Waals surface area contributed by atoms with E-state index in [9.17, 15) is 0 Å². The van der Waals surface area contributed by atoms with Gasteiger partial charge in [-0.25, -0.2) is 0 Å². The highest BCUT2D eigenvalue weighted by Gasteiger charge is 2.18. The van der Waals surface area contributed by atoms with Crippen LogP contribution in [0.2, 0.25) is 0 Å². The number of pyridine rings is 1. The quantitative estimate of drug-likeness (QED) is 0.803. The number of hydrogen-bond acceptors (Lipinski definition) is 2. The van der Waals surface area contributed by atoms with Crippen molar-refractivity contribution in [3.63, 3.8) is 0 Å². The second-order valence-electron chi connectivity index (χ2n) is 5.60. The van der Waals surface area contributed by atoms with E-state index in [1.807, 2.05) is 12.4 Å². The van der Waals surface area contributed by atoms with E-state index in [-0.39, 0.29) is 0 Å². The normalized spacial score (nSPS) is 19.4. The van der Waals surface area contributed by atoms with Crippen LogP contribution in [0.3, 0.4) is 0 Å². The maximum absolute atomic E-state index is 4.05. The van der Waals surface area contributed by atoms with Gasteiger partial charge in [0.1, 0.15) is 0 Å². The molecule has 2 heteroatoms. The fraction of sp³-hybridized carbons (Fsp3) is 0.688. The van der Waals surface area contributed by atoms with Crippen LogP contribution in [0.4, 0.5) is 0 Å². The van der Waals surface area contributed by atoms with Gasteiger partial charge in [-0.3, -0.25) is 4.98 Å². The van der Waals surface area contributed by atoms with E-state index in [1.165, 1.54) is 44.1 Å². The minimum atomic E-state index is 0.671. The lowest BCUT2D eigenvalue weighted by atomic mass is 9.93. The minimum Gasteiger partial charge on any atom is -0.314 e. The third kappa shape index (κ3) is 4.41. The second-order valence-corrected chi connectivity index (χ2v) is 5.60. The summed E-state index contributed by atoms with van der Waals surface area (Å²) < 4.78 is 0. The number of aromatic nitrogens is 1. The maximum Gasteiger partial charge on any atom is 0.0270 e. The van der Waals surface area contributed by atoms with Gasteiger partial charge in [0, 0.05) is 18.4 Å². The summed E-state index contributed by atoms with van der Waals surface area (Å²) in [4.78, 5) is 4.05. The van der Waals surface area contributed by atoms with Gasteiger partial charge in [-0.1, -0.05) is 25.7 Å². The third-order valence-corrected chi connectivity index (χ3v) is 4.24. The van der Waals surface area contributed by atoms with Gasteiger partial charge in [-0.2, -0.15) is 0 Å². The predicted octanol–water partition coefficient (Wildman–Crippen LogP) is 3.57. The maximum atomic E-state index is 4.05. The summed E-state index contributed by atoms with van der Waals surface area (Å²) >= 11 is 0. The highest BCUT2D eigenvalue weighted by atomic mass is 14.9. The van der Waals surface area contributed by atoms with E-state index in [2.05, 4.69) is 29.4 Å². The Morgan fingerprint density at radius 3 is 2.50 bits per heavy atom. The molecule has 18 heavy (non-hydrogen) atoms. The molecule has 0 radical (unpaired) electrons. The lowest BCUT2D eigenvalue weighted by Crippen LogP contribution is -2.34. The molecule has 2 rings (SSSR count). The first kappa shape index (κ1) is 13.5. The molecule has 1 fully saturated rings. The highest BCUT2D eigenvalue weighted by molar-refractivity contribution is 5.09. The Balaban J connectivity index is 1.69. The zero-order chi connectivity index (χ0) is 12.6. The van der Waals surface area contributed by atoms with E-state index in [4.69, 9.17) is 0 Å². The van der Waals surface area contributed by atoms with Crippen LogP contribution in [0.25, 0.3) is 0 Å². The molecule has 0 unspecified atom stereocenters. The molecule has 0 aliphatic heterocycles. The first-order chi connectivity index (χ1) is 8.86. The number of hydrogen-bond donors (Lipinski definition) is 1. The number of rotatable bonds is 5. The molecule has 1 aromatic rings. The molecule has 0 amide bonds. The Morgan fingerprint density at radius 1 is 1.17 bits per heavy atom. The summed E-state index contributed by atoms with van der Waals surface area (Å²) in [7, 11) is 0. The van der Waals surface area contributed by atoms with Gasteiger partial charge >= 0.3 is 0 Å². The summed E-state index contributed by atoms with van der Waals surface area (Å²) in [5.74, 6) is 0.893. The lowest BCUT2D eigenvalue weighted by Gasteiger charge is -2.23. The van der Waals surface area contributed by atoms with E-state index in [0.29, 0.717) is 6.04 Å². The standard InChI is InChI=1S/C16H26N2/c1-14(16-6-4-2-3-5-7-16)18-13-10-15-8-11-17-12-9-15/h8-9,11-12,14,16,18H,2-7,10,13H2,1H3/t14-/m1/s1. The summed E-state index contributed by atoms with van der Waals surface area (Å²) in [6.07, 6.45) is 13.5. The average Bonchev–Trinajstić information content (AvgIpc) is 2.69. The molecule has 0 aromatic carbocycles. The van der Waals surface area contributed by atoms with Crippen molar-refractivity contribution < 1.29 is 0 Å². The molecule has 1 atom stereocenters. The zero-order valence-corrected chi connectivity index (χ0v) is 11.6. The molecule has 1 aliphatic rings. The van der Waals surface area contributed by atoms with Crippen molar-refractivity contribution in [3.8, 4) is 0 Å². The van der Waals surface area contributed by atoms with E-state index in [1.54, 1.807) is 0 Å². The van der Waals surface area contributed by atoms with Crippen LogP contribution in [0.1, 0.15) is 51.0 Å². The van der Waals surface area contributed by atoms with Crippen molar-refractivity contribution in [3.05, 3.63) is 30.1 Å². The molecule has 0 spiro atoms. The molecule has 1 aliphatic carbocycles. The average molecular weight is 246 g/mol. The van der Waals surface area contributed by atoms with E-state index >= 15 is 0 Å². The molecule has 1 heterocycles. The van der Waals surface area contributed by atoms with Gasteiger partial charge in [-0.05, 0) is 56.3 Å². The largest absolute Gasteiger partial charge is 0.314 e. The third-order valence-electron chi connectivity index (χ3n) is 4.24. The molecule has 0 saturated heterocycles. The van der Waals surface area contributed by atoms with Crippen molar-refractivity contribution in [2.45, 2.75) is 57.9 Å². The van der Waals surface area contributed by atoms with E-state index < -0.39 is 0 Å². The van der Waals surface area contributed by atoms with Crippen LogP contribution in [0, 0.1) is 5.92 Å². The first-order valence-corrected chi connectivity index (χ1v) is 7.48. The molecule has 2 nitrogen and oxygen atoms in total. The van der Waals surface area contributed by atoms with Gasteiger partial charge in [0.2, 0.25) is 0 Å². The Morgan fingerprint density at radius 2 is 1.83 bits per heavy atom. The zero-order valence-electron chi connectivity index (χ0n) is 11.6. The van der Waals surface area contributed by atoms with Gasteiger partial charge in [0.05, 0.1) is 0 Å². The van der Waals surface area contributed by atoms with Crippen LogP contribution in [0.5, 0.6) is 0 Å². The smallest absolute Gasteiger partial charge is 0.0270 e. The predicted molar refractivity (Wildman–Crippen MR) is 76.6 cm³/mol. The van der Waals surface area contributed by atoms with E-state index in [0.717, 1.165) is 18.9 Å². The summed E-state index contributed by atoms with van der Waals surface area (Å²) in [6, 6.07) is 4.89. The Labute approximate surface area is 111 Å². The summed E-state index contributed by atoms with van der Waals surface area (Å²) in [5, 5.41) is 3.71. The Bertz CT molecular complexity index is 315. The number of nitrogens with zero attached hydrogens (tertiary/aromatic N) is 1. The van der Waals surface area contributed by atoms with Crippen LogP contribution in [0.15, 0.2) is 24.5 Å². The monoisotopic (exact) mass is 246 g/mol. The topological polar surface area (TPSA) is 24.9 Å². The summed E-state index contributed by atoms with van der Waals surface area (Å²) in [5.41, 5.74) is 1.38. The SMILES string of the molecule is C[C@@H](NCCc1ccncc1)C1CCCCCC1. The lowest BCUT2D eigenvalue weighted by molar-refractivity contribution is 0.339.